The lowest BCUT2D eigenvalue weighted by atomic mass is 9.94. The Bertz CT molecular complexity index is 368. The molecular weight excluding hydrogens is 330 g/mol. The second-order valence-corrected chi connectivity index (χ2v) is 6.47. The van der Waals surface area contributed by atoms with E-state index in [-0.39, 0.29) is 0 Å². The van der Waals surface area contributed by atoms with Crippen molar-refractivity contribution in [1.82, 2.24) is 5.32 Å². The van der Waals surface area contributed by atoms with Crippen molar-refractivity contribution < 1.29 is 9.47 Å². The molecule has 4 heteroatoms. The van der Waals surface area contributed by atoms with Crippen molar-refractivity contribution in [3.05, 3.63) is 34.3 Å². The highest BCUT2D eigenvalue weighted by molar-refractivity contribution is 9.10. The number of rotatable bonds is 11. The van der Waals surface area contributed by atoms with Crippen LogP contribution in [0.15, 0.2) is 28.7 Å². The van der Waals surface area contributed by atoms with E-state index in [4.69, 9.17) is 9.47 Å². The second kappa shape index (κ2) is 11.2. The number of nitrogens with one attached hydrogen (secondary N) is 1. The molecule has 1 aromatic carbocycles. The molecule has 0 radical (unpaired) electrons. The van der Waals surface area contributed by atoms with Crippen molar-refractivity contribution in [3.8, 4) is 0 Å². The van der Waals surface area contributed by atoms with Crippen LogP contribution in [0.4, 0.5) is 0 Å². The van der Waals surface area contributed by atoms with Gasteiger partial charge < -0.3 is 14.8 Å². The molecule has 0 amide bonds. The molecule has 21 heavy (non-hydrogen) atoms. The van der Waals surface area contributed by atoms with Crippen molar-refractivity contribution >= 4 is 15.9 Å². The van der Waals surface area contributed by atoms with Crippen LogP contribution in [0.3, 0.4) is 0 Å². The highest BCUT2D eigenvalue weighted by atomic mass is 79.9. The number of hydrogen-bond acceptors (Lipinski definition) is 3. The van der Waals surface area contributed by atoms with Gasteiger partial charge in [0.15, 0.2) is 0 Å². The molecule has 0 aromatic heterocycles. The monoisotopic (exact) mass is 357 g/mol. The van der Waals surface area contributed by atoms with E-state index in [9.17, 15) is 0 Å². The Morgan fingerprint density at radius 1 is 1.10 bits per heavy atom. The number of halogens is 1. The summed E-state index contributed by atoms with van der Waals surface area (Å²) in [5.41, 5.74) is 1.39. The summed E-state index contributed by atoms with van der Waals surface area (Å²) in [6, 6.07) is 9.17. The first kappa shape index (κ1) is 18.6. The standard InChI is InChI=1S/C17H28BrNO2/c1-14(2)19-13-16(5-4-10-21-12-11-20-3)15-6-8-17(18)9-7-15/h6-9,14,16,19H,4-5,10-13H2,1-3H3. The maximum absolute atomic E-state index is 5.55. The van der Waals surface area contributed by atoms with Gasteiger partial charge in [-0.25, -0.2) is 0 Å². The van der Waals surface area contributed by atoms with Gasteiger partial charge in [-0.05, 0) is 36.5 Å². The third-order valence-electron chi connectivity index (χ3n) is 3.39. The molecule has 1 aromatic rings. The van der Waals surface area contributed by atoms with Gasteiger partial charge in [0.05, 0.1) is 13.2 Å². The Morgan fingerprint density at radius 3 is 2.43 bits per heavy atom. The first-order valence-corrected chi connectivity index (χ1v) is 8.48. The first-order chi connectivity index (χ1) is 10.1. The molecule has 0 saturated heterocycles. The van der Waals surface area contributed by atoms with Crippen molar-refractivity contribution in [3.63, 3.8) is 0 Å². The Hall–Kier alpha value is -0.420. The van der Waals surface area contributed by atoms with E-state index < -0.39 is 0 Å². The van der Waals surface area contributed by atoms with Crippen LogP contribution in [0.1, 0.15) is 38.2 Å². The summed E-state index contributed by atoms with van der Waals surface area (Å²) in [4.78, 5) is 0. The van der Waals surface area contributed by atoms with E-state index in [2.05, 4.69) is 59.4 Å². The van der Waals surface area contributed by atoms with Crippen LogP contribution in [0.2, 0.25) is 0 Å². The third kappa shape index (κ3) is 8.57. The number of hydrogen-bond donors (Lipinski definition) is 1. The van der Waals surface area contributed by atoms with E-state index in [1.54, 1.807) is 7.11 Å². The van der Waals surface area contributed by atoms with Crippen LogP contribution in [0.25, 0.3) is 0 Å². The summed E-state index contributed by atoms with van der Waals surface area (Å²) in [5, 5.41) is 3.55. The summed E-state index contributed by atoms with van der Waals surface area (Å²) >= 11 is 3.50. The van der Waals surface area contributed by atoms with Gasteiger partial charge in [0.1, 0.15) is 0 Å². The van der Waals surface area contributed by atoms with Crippen molar-refractivity contribution in [2.45, 2.75) is 38.6 Å². The van der Waals surface area contributed by atoms with Gasteiger partial charge in [-0.1, -0.05) is 41.9 Å². The highest BCUT2D eigenvalue weighted by Crippen LogP contribution is 2.23. The molecule has 0 aliphatic rings. The van der Waals surface area contributed by atoms with Gasteiger partial charge in [0.2, 0.25) is 0 Å². The molecule has 0 aliphatic heterocycles. The summed E-state index contributed by atoms with van der Waals surface area (Å²) in [7, 11) is 1.70. The molecule has 0 aliphatic carbocycles. The fourth-order valence-corrected chi connectivity index (χ4v) is 2.44. The molecule has 1 N–H and O–H groups in total. The van der Waals surface area contributed by atoms with Gasteiger partial charge in [0.25, 0.3) is 0 Å². The molecule has 0 saturated carbocycles. The van der Waals surface area contributed by atoms with Crippen LogP contribution in [0.5, 0.6) is 0 Å². The molecule has 0 spiro atoms. The Morgan fingerprint density at radius 2 is 1.81 bits per heavy atom. The fourth-order valence-electron chi connectivity index (χ4n) is 2.18. The average Bonchev–Trinajstić information content (AvgIpc) is 2.46. The minimum Gasteiger partial charge on any atom is -0.382 e. The predicted molar refractivity (Wildman–Crippen MR) is 92.0 cm³/mol. The lowest BCUT2D eigenvalue weighted by Gasteiger charge is -2.20. The number of ether oxygens (including phenoxy) is 2. The molecule has 1 unspecified atom stereocenters. The molecule has 1 atom stereocenters. The maximum atomic E-state index is 5.55. The van der Waals surface area contributed by atoms with Crippen LogP contribution >= 0.6 is 15.9 Å². The van der Waals surface area contributed by atoms with Crippen LogP contribution < -0.4 is 5.32 Å². The number of benzene rings is 1. The van der Waals surface area contributed by atoms with Gasteiger partial charge in [-0.15, -0.1) is 0 Å². The normalized spacial score (nSPS) is 12.8. The van der Waals surface area contributed by atoms with E-state index in [1.807, 2.05) is 0 Å². The molecule has 1 rings (SSSR count). The van der Waals surface area contributed by atoms with E-state index in [0.717, 1.165) is 30.5 Å². The molecule has 0 heterocycles. The highest BCUT2D eigenvalue weighted by Gasteiger charge is 2.12. The SMILES string of the molecule is COCCOCCCC(CNC(C)C)c1ccc(Br)cc1. The summed E-state index contributed by atoms with van der Waals surface area (Å²) in [6.45, 7) is 7.54. The molecule has 0 fully saturated rings. The Balaban J connectivity index is 2.42. The quantitative estimate of drug-likeness (QED) is 0.607. The fraction of sp³-hybridized carbons (Fsp3) is 0.647. The van der Waals surface area contributed by atoms with Gasteiger partial charge in [0, 0.05) is 30.8 Å². The van der Waals surface area contributed by atoms with Crippen LogP contribution in [-0.2, 0) is 9.47 Å². The van der Waals surface area contributed by atoms with Gasteiger partial charge >= 0.3 is 0 Å². The van der Waals surface area contributed by atoms with Crippen molar-refractivity contribution in [1.29, 1.82) is 0 Å². The van der Waals surface area contributed by atoms with Crippen LogP contribution in [-0.4, -0.2) is 39.5 Å². The molecule has 0 bridgehead atoms. The summed E-state index contributed by atoms with van der Waals surface area (Å²) in [6.07, 6.45) is 2.21. The predicted octanol–water partition coefficient (Wildman–Crippen LogP) is 3.97. The minimum atomic E-state index is 0.515. The van der Waals surface area contributed by atoms with E-state index in [1.165, 1.54) is 5.56 Å². The van der Waals surface area contributed by atoms with Crippen molar-refractivity contribution in [2.24, 2.45) is 0 Å². The smallest absolute Gasteiger partial charge is 0.0700 e. The van der Waals surface area contributed by atoms with E-state index >= 15 is 0 Å². The zero-order valence-corrected chi connectivity index (χ0v) is 15.0. The Labute approximate surface area is 137 Å². The minimum absolute atomic E-state index is 0.515. The molecule has 120 valence electrons. The van der Waals surface area contributed by atoms with E-state index in [0.29, 0.717) is 25.2 Å². The van der Waals surface area contributed by atoms with Crippen LogP contribution in [0, 0.1) is 0 Å². The van der Waals surface area contributed by atoms with Crippen molar-refractivity contribution in [2.75, 3.05) is 33.5 Å². The molecular formula is C17H28BrNO2. The lowest BCUT2D eigenvalue weighted by Crippen LogP contribution is -2.28. The Kier molecular flexibility index (Phi) is 9.92. The summed E-state index contributed by atoms with van der Waals surface area (Å²) < 4.78 is 11.7. The van der Waals surface area contributed by atoms with Gasteiger partial charge in [-0.3, -0.25) is 0 Å². The topological polar surface area (TPSA) is 30.5 Å². The summed E-state index contributed by atoms with van der Waals surface area (Å²) in [5.74, 6) is 0.534. The average molecular weight is 358 g/mol. The van der Waals surface area contributed by atoms with Gasteiger partial charge in [-0.2, -0.15) is 0 Å². The number of methoxy groups -OCH3 is 1. The second-order valence-electron chi connectivity index (χ2n) is 5.56. The zero-order chi connectivity index (χ0) is 15.5. The zero-order valence-electron chi connectivity index (χ0n) is 13.4. The third-order valence-corrected chi connectivity index (χ3v) is 3.92. The lowest BCUT2D eigenvalue weighted by molar-refractivity contribution is 0.0681. The largest absolute Gasteiger partial charge is 0.382 e. The molecule has 3 nitrogen and oxygen atoms in total. The first-order valence-electron chi connectivity index (χ1n) is 7.69. The maximum Gasteiger partial charge on any atom is 0.0700 e.